The molecule has 572 valence electrons. The topological polar surface area (TPSA) is 140 Å². The normalized spacial score (nSPS) is 12.5. The number of imidazole rings is 3. The SMILES string of the molecule is Cc1ccc(COC(Cn2cc[n+](CC=Cc3ccccc3)c2)c2ccccc2C(C)C)cc1C.Cc1ccc(COC(Cn2cc[n+](CC=Cc3ccccc3)c2)c2ccccc2C(C)C)cc1C.Cc1ccc(COC(Cn2cc[n+](CC=Cc3ccccc3)c2)c2ccccc2C(C)C)cc1C.O=P([O-])([O-])[O-]. The van der Waals surface area contributed by atoms with Crippen LogP contribution in [-0.4, -0.2) is 13.7 Å². The summed E-state index contributed by atoms with van der Waals surface area (Å²) in [7, 11) is -5.39. The van der Waals surface area contributed by atoms with Crippen LogP contribution in [0.3, 0.4) is 0 Å². The zero-order valence-electron chi connectivity index (χ0n) is 66.3. The lowest BCUT2D eigenvalue weighted by Crippen LogP contribution is -2.30. The van der Waals surface area contributed by atoms with Gasteiger partial charge in [-0.3, -0.25) is 0 Å². The Balaban J connectivity index is 0.000000184. The van der Waals surface area contributed by atoms with Gasteiger partial charge in [-0.1, -0.05) is 278 Å². The molecular formula is C96H111N6O7P. The Labute approximate surface area is 654 Å². The second-order valence-electron chi connectivity index (χ2n) is 29.3. The summed E-state index contributed by atoms with van der Waals surface area (Å²) in [6.07, 6.45) is 32.3. The molecule has 0 radical (unpaired) electrons. The van der Waals surface area contributed by atoms with E-state index < -0.39 is 7.82 Å². The molecule has 0 amide bonds. The predicted octanol–water partition coefficient (Wildman–Crippen LogP) is 18.7. The second kappa shape index (κ2) is 42.7. The Kier molecular flexibility index (Phi) is 32.5. The molecule has 0 aliphatic rings. The molecule has 3 aromatic heterocycles. The van der Waals surface area contributed by atoms with Crippen LogP contribution in [0.4, 0.5) is 0 Å². The van der Waals surface area contributed by atoms with Gasteiger partial charge in [-0.2, -0.15) is 7.82 Å². The Bertz CT molecular complexity index is 4430. The molecule has 0 aliphatic carbocycles. The van der Waals surface area contributed by atoms with Crippen molar-refractivity contribution in [3.05, 3.63) is 393 Å². The highest BCUT2D eigenvalue weighted by molar-refractivity contribution is 7.40. The van der Waals surface area contributed by atoms with Gasteiger partial charge in [-0.15, -0.1) is 0 Å². The second-order valence-corrected chi connectivity index (χ2v) is 30.2. The molecule has 9 aromatic carbocycles. The smallest absolute Gasteiger partial charge is 0.244 e. The van der Waals surface area contributed by atoms with E-state index in [2.05, 4.69) is 403 Å². The van der Waals surface area contributed by atoms with Crippen molar-refractivity contribution in [2.75, 3.05) is 0 Å². The molecule has 3 atom stereocenters. The summed E-state index contributed by atoms with van der Waals surface area (Å²) in [5.41, 5.74) is 23.0. The van der Waals surface area contributed by atoms with E-state index in [-0.39, 0.29) is 18.3 Å². The van der Waals surface area contributed by atoms with E-state index in [0.29, 0.717) is 37.6 Å². The number of benzene rings is 9. The van der Waals surface area contributed by atoms with Crippen molar-refractivity contribution in [2.45, 2.75) is 178 Å². The average Bonchev–Trinajstić information content (AvgIpc) is 1.56. The number of ether oxygens (including phenoxy) is 3. The van der Waals surface area contributed by atoms with Crippen molar-refractivity contribution in [1.82, 2.24) is 13.7 Å². The monoisotopic (exact) mass is 1490 g/mol. The van der Waals surface area contributed by atoms with Crippen molar-refractivity contribution >= 4 is 26.1 Å². The summed E-state index contributed by atoms with van der Waals surface area (Å²) < 4.78 is 41.7. The fourth-order valence-electron chi connectivity index (χ4n) is 13.1. The van der Waals surface area contributed by atoms with Crippen LogP contribution in [0.1, 0.15) is 178 Å². The molecule has 110 heavy (non-hydrogen) atoms. The Morgan fingerprint density at radius 1 is 0.336 bits per heavy atom. The Hall–Kier alpha value is -10.2. The average molecular weight is 1490 g/mol. The van der Waals surface area contributed by atoms with E-state index in [1.54, 1.807) is 0 Å². The van der Waals surface area contributed by atoms with E-state index >= 15 is 0 Å². The summed E-state index contributed by atoms with van der Waals surface area (Å²) >= 11 is 0. The standard InChI is InChI=1S/3C32H37N2O.H3O4P/c3*1-25(2)30-14-8-9-15-31(30)32(35-23-29-17-16-26(3)27(4)21-29)22-34-20-19-33(24-34)18-10-13-28-11-6-5-7-12-28;1-5(2,3)4/h3*5-17,19-21,24-25,32H,18,22-23H2,1-4H3;(H3,1,2,3,4)/q3*+1;/p-3. The van der Waals surface area contributed by atoms with Crippen molar-refractivity contribution in [3.8, 4) is 0 Å². The lowest BCUT2D eigenvalue weighted by Gasteiger charge is -2.36. The largest absolute Gasteiger partial charge is 0.822 e. The predicted molar refractivity (Wildman–Crippen MR) is 440 cm³/mol. The van der Waals surface area contributed by atoms with Gasteiger partial charge < -0.3 is 33.5 Å². The molecule has 13 nitrogen and oxygen atoms in total. The van der Waals surface area contributed by atoms with Gasteiger partial charge in [0, 0.05) is 0 Å². The van der Waals surface area contributed by atoms with Gasteiger partial charge in [0.2, 0.25) is 19.0 Å². The fraction of sp³-hybridized carbons (Fsp3) is 0.281. The van der Waals surface area contributed by atoms with E-state index in [0.717, 1.165) is 39.3 Å². The highest BCUT2D eigenvalue weighted by Gasteiger charge is 2.25. The molecule has 3 heterocycles. The van der Waals surface area contributed by atoms with Gasteiger partial charge in [-0.05, 0) is 178 Å². The molecule has 3 unspecified atom stereocenters. The van der Waals surface area contributed by atoms with Crippen molar-refractivity contribution in [1.29, 1.82) is 0 Å². The van der Waals surface area contributed by atoms with Crippen LogP contribution in [0, 0.1) is 41.5 Å². The summed E-state index contributed by atoms with van der Waals surface area (Å²) in [6, 6.07) is 77.2. The number of allylic oxidation sites excluding steroid dienone is 3. The minimum Gasteiger partial charge on any atom is -0.822 e. The van der Waals surface area contributed by atoms with Crippen LogP contribution < -0.4 is 28.4 Å². The minimum absolute atomic E-state index is 0.0316. The molecule has 0 N–H and O–H groups in total. The van der Waals surface area contributed by atoms with Crippen LogP contribution in [0.25, 0.3) is 18.2 Å². The number of phosphoric acid groups is 1. The molecule has 12 aromatic rings. The first-order valence-electron chi connectivity index (χ1n) is 38.3. The number of hydrogen-bond acceptors (Lipinski definition) is 7. The molecule has 0 bridgehead atoms. The van der Waals surface area contributed by atoms with Gasteiger partial charge in [-0.25, -0.2) is 27.4 Å². The zero-order valence-corrected chi connectivity index (χ0v) is 67.2. The van der Waals surface area contributed by atoms with Gasteiger partial charge in [0.15, 0.2) is 0 Å². The number of aryl methyl sites for hydroxylation is 6. The van der Waals surface area contributed by atoms with E-state index in [9.17, 15) is 0 Å². The van der Waals surface area contributed by atoms with Crippen LogP contribution in [0.5, 0.6) is 0 Å². The minimum atomic E-state index is -5.39. The molecule has 0 saturated heterocycles. The van der Waals surface area contributed by atoms with E-state index in [4.69, 9.17) is 33.5 Å². The number of nitrogens with zero attached hydrogens (tertiary/aromatic N) is 6. The Morgan fingerprint density at radius 3 is 0.809 bits per heavy atom. The lowest BCUT2D eigenvalue weighted by atomic mass is 9.94. The molecule has 0 aliphatic heterocycles. The van der Waals surface area contributed by atoms with Gasteiger partial charge in [0.1, 0.15) is 94.8 Å². The number of rotatable bonds is 30. The molecule has 0 spiro atoms. The van der Waals surface area contributed by atoms with Crippen LogP contribution in [0.2, 0.25) is 0 Å². The highest BCUT2D eigenvalue weighted by atomic mass is 31.2. The first-order valence-corrected chi connectivity index (χ1v) is 39.8. The van der Waals surface area contributed by atoms with Crippen molar-refractivity contribution in [2.24, 2.45) is 0 Å². The first-order chi connectivity index (χ1) is 53.0. The quantitative estimate of drug-likeness (QED) is 0.0322. The highest BCUT2D eigenvalue weighted by Crippen LogP contribution is 2.33. The third kappa shape index (κ3) is 27.7. The molecule has 0 saturated carbocycles. The van der Waals surface area contributed by atoms with Crippen molar-refractivity contribution < 1.29 is 47.2 Å². The molecule has 0 fully saturated rings. The maximum atomic E-state index is 8.55. The summed E-state index contributed by atoms with van der Waals surface area (Å²) in [4.78, 5) is 25.6. The maximum Gasteiger partial charge on any atom is 0.244 e. The van der Waals surface area contributed by atoms with Crippen LogP contribution >= 0.6 is 7.82 Å². The van der Waals surface area contributed by atoms with Gasteiger partial charge in [0.25, 0.3) is 0 Å². The molecule has 14 heteroatoms. The van der Waals surface area contributed by atoms with E-state index in [1.807, 2.05) is 18.2 Å². The van der Waals surface area contributed by atoms with Crippen LogP contribution in [-0.2, 0) is 77.9 Å². The Morgan fingerprint density at radius 2 is 0.573 bits per heavy atom. The first kappa shape index (κ1) is 83.9. The number of aromatic nitrogens is 6. The third-order valence-electron chi connectivity index (χ3n) is 19.6. The maximum absolute atomic E-state index is 8.55. The van der Waals surface area contributed by atoms with Gasteiger partial charge >= 0.3 is 0 Å². The summed E-state index contributed by atoms with van der Waals surface area (Å²) in [6.45, 7) is 33.0. The van der Waals surface area contributed by atoms with Crippen LogP contribution in [0.15, 0.2) is 293 Å². The van der Waals surface area contributed by atoms with E-state index in [1.165, 1.54) is 100 Å². The van der Waals surface area contributed by atoms with Gasteiger partial charge in [0.05, 0.1) is 19.8 Å². The lowest BCUT2D eigenvalue weighted by molar-refractivity contribution is -0.686. The zero-order chi connectivity index (χ0) is 78.4. The summed E-state index contributed by atoms with van der Waals surface area (Å²) in [5.74, 6) is 1.32. The third-order valence-corrected chi connectivity index (χ3v) is 19.6. The molecular weight excluding hydrogens is 1380 g/mol. The molecule has 12 rings (SSSR count). The fourth-order valence-corrected chi connectivity index (χ4v) is 13.1. The number of hydrogen-bond donors (Lipinski definition) is 0. The summed E-state index contributed by atoms with van der Waals surface area (Å²) in [5, 5.41) is 0. The van der Waals surface area contributed by atoms with Crippen molar-refractivity contribution in [3.63, 3.8) is 0 Å².